The van der Waals surface area contributed by atoms with Crippen molar-refractivity contribution in [1.82, 2.24) is 0 Å². The summed E-state index contributed by atoms with van der Waals surface area (Å²) in [5, 5.41) is -0.321. The molecule has 0 amide bonds. The Morgan fingerprint density at radius 1 is 1.36 bits per heavy atom. The van der Waals surface area contributed by atoms with Crippen molar-refractivity contribution in [2.24, 2.45) is 5.92 Å². The summed E-state index contributed by atoms with van der Waals surface area (Å²) in [6.07, 6.45) is 2.96. The van der Waals surface area contributed by atoms with Gasteiger partial charge in [-0.05, 0) is 33.1 Å². The summed E-state index contributed by atoms with van der Waals surface area (Å²) in [5.74, 6) is 0.670. The number of hydrogen-bond acceptors (Lipinski definition) is 3. The molecule has 1 rings (SSSR count). The molecule has 0 aliphatic heterocycles. The van der Waals surface area contributed by atoms with Crippen LogP contribution in [0.3, 0.4) is 0 Å². The highest BCUT2D eigenvalue weighted by molar-refractivity contribution is 7.91. The van der Waals surface area contributed by atoms with E-state index in [2.05, 4.69) is 0 Å². The second-order valence-corrected chi connectivity index (χ2v) is 6.94. The van der Waals surface area contributed by atoms with Gasteiger partial charge in [0.1, 0.15) is 5.78 Å². The van der Waals surface area contributed by atoms with Crippen molar-refractivity contribution in [3.63, 3.8) is 0 Å². The van der Waals surface area contributed by atoms with Gasteiger partial charge in [0.25, 0.3) is 0 Å². The lowest BCUT2D eigenvalue weighted by molar-refractivity contribution is -0.120. The van der Waals surface area contributed by atoms with Crippen molar-refractivity contribution < 1.29 is 13.2 Å². The Bertz CT molecular complexity index is 299. The first kappa shape index (κ1) is 11.7. The van der Waals surface area contributed by atoms with Crippen LogP contribution in [0, 0.1) is 5.92 Å². The lowest BCUT2D eigenvalue weighted by Crippen LogP contribution is -2.18. The Balaban J connectivity index is 2.23. The first-order valence-corrected chi connectivity index (χ1v) is 6.89. The third kappa shape index (κ3) is 3.40. The third-order valence-corrected chi connectivity index (χ3v) is 4.90. The number of carbonyl (C=O) groups is 1. The van der Waals surface area contributed by atoms with Crippen LogP contribution in [-0.2, 0) is 14.6 Å². The Morgan fingerprint density at radius 3 is 2.36 bits per heavy atom. The molecule has 0 radical (unpaired) electrons. The monoisotopic (exact) mass is 218 g/mol. The molecule has 4 heteroatoms. The van der Waals surface area contributed by atoms with Crippen LogP contribution in [0.2, 0.25) is 0 Å². The van der Waals surface area contributed by atoms with Gasteiger partial charge < -0.3 is 0 Å². The standard InChI is InChI=1S/C10H18O3S/c1-8(2)14(12,13)7-3-4-10(11)9-5-6-9/h8-9H,3-7H2,1-2H3. The number of hydrogen-bond donors (Lipinski definition) is 0. The van der Waals surface area contributed by atoms with E-state index in [0.29, 0.717) is 12.8 Å². The van der Waals surface area contributed by atoms with E-state index < -0.39 is 9.84 Å². The molecule has 0 aromatic rings. The highest BCUT2D eigenvalue weighted by Gasteiger charge is 2.29. The van der Waals surface area contributed by atoms with E-state index in [1.165, 1.54) is 0 Å². The van der Waals surface area contributed by atoms with E-state index in [4.69, 9.17) is 0 Å². The van der Waals surface area contributed by atoms with Crippen LogP contribution < -0.4 is 0 Å². The van der Waals surface area contributed by atoms with Crippen molar-refractivity contribution in [2.45, 2.75) is 44.8 Å². The maximum atomic E-state index is 11.4. The molecule has 0 aromatic carbocycles. The van der Waals surface area contributed by atoms with Gasteiger partial charge in [0, 0.05) is 12.3 Å². The average Bonchev–Trinajstić information content (AvgIpc) is 2.85. The summed E-state index contributed by atoms with van der Waals surface area (Å²) < 4.78 is 22.8. The molecule has 1 aliphatic carbocycles. The van der Waals surface area contributed by atoms with Gasteiger partial charge in [-0.15, -0.1) is 0 Å². The first-order chi connectivity index (χ1) is 6.43. The number of Topliss-reactive ketones (excluding diaryl/α,β-unsaturated/α-hetero) is 1. The molecular weight excluding hydrogens is 200 g/mol. The van der Waals surface area contributed by atoms with E-state index in [1.54, 1.807) is 13.8 Å². The topological polar surface area (TPSA) is 51.2 Å². The van der Waals surface area contributed by atoms with Gasteiger partial charge in [0.15, 0.2) is 9.84 Å². The zero-order chi connectivity index (χ0) is 10.8. The minimum atomic E-state index is -2.95. The van der Waals surface area contributed by atoms with E-state index in [1.807, 2.05) is 0 Å². The van der Waals surface area contributed by atoms with Gasteiger partial charge in [-0.25, -0.2) is 8.42 Å². The van der Waals surface area contributed by atoms with Gasteiger partial charge in [0.05, 0.1) is 11.0 Å². The lowest BCUT2D eigenvalue weighted by Gasteiger charge is -2.06. The largest absolute Gasteiger partial charge is 0.299 e. The SMILES string of the molecule is CC(C)S(=O)(=O)CCCC(=O)C1CC1. The molecule has 0 N–H and O–H groups in total. The zero-order valence-electron chi connectivity index (χ0n) is 8.82. The summed E-state index contributed by atoms with van der Waals surface area (Å²) in [7, 11) is -2.95. The molecule has 82 valence electrons. The van der Waals surface area contributed by atoms with E-state index in [-0.39, 0.29) is 22.7 Å². The number of ketones is 1. The third-order valence-electron chi connectivity index (χ3n) is 2.60. The molecule has 0 bridgehead atoms. The summed E-state index contributed by atoms with van der Waals surface area (Å²) >= 11 is 0. The second kappa shape index (κ2) is 4.43. The van der Waals surface area contributed by atoms with Crippen molar-refractivity contribution in [3.05, 3.63) is 0 Å². The molecule has 0 unspecified atom stereocenters. The predicted molar refractivity (Wildman–Crippen MR) is 55.9 cm³/mol. The van der Waals surface area contributed by atoms with Crippen molar-refractivity contribution in [1.29, 1.82) is 0 Å². The smallest absolute Gasteiger partial charge is 0.152 e. The van der Waals surface area contributed by atoms with E-state index in [0.717, 1.165) is 12.8 Å². The summed E-state index contributed by atoms with van der Waals surface area (Å²) in [4.78, 5) is 11.3. The van der Waals surface area contributed by atoms with Crippen LogP contribution in [0.15, 0.2) is 0 Å². The molecule has 0 aromatic heterocycles. The van der Waals surface area contributed by atoms with Crippen LogP contribution in [0.4, 0.5) is 0 Å². The molecule has 0 atom stereocenters. The van der Waals surface area contributed by atoms with Gasteiger partial charge >= 0.3 is 0 Å². The Morgan fingerprint density at radius 2 is 1.93 bits per heavy atom. The van der Waals surface area contributed by atoms with Crippen LogP contribution in [0.5, 0.6) is 0 Å². The molecule has 1 saturated carbocycles. The number of sulfone groups is 1. The van der Waals surface area contributed by atoms with Crippen molar-refractivity contribution in [2.75, 3.05) is 5.75 Å². The molecule has 1 fully saturated rings. The van der Waals surface area contributed by atoms with Crippen LogP contribution in [0.1, 0.15) is 39.5 Å². The predicted octanol–water partition coefficient (Wildman–Crippen LogP) is 1.57. The van der Waals surface area contributed by atoms with E-state index in [9.17, 15) is 13.2 Å². The quantitative estimate of drug-likeness (QED) is 0.680. The molecule has 0 spiro atoms. The fourth-order valence-electron chi connectivity index (χ4n) is 1.29. The van der Waals surface area contributed by atoms with Gasteiger partial charge in [0.2, 0.25) is 0 Å². The van der Waals surface area contributed by atoms with Gasteiger partial charge in [-0.1, -0.05) is 0 Å². The van der Waals surface area contributed by atoms with Crippen LogP contribution in [0.25, 0.3) is 0 Å². The zero-order valence-corrected chi connectivity index (χ0v) is 9.64. The van der Waals surface area contributed by atoms with Gasteiger partial charge in [-0.2, -0.15) is 0 Å². The van der Waals surface area contributed by atoms with Crippen LogP contribution >= 0.6 is 0 Å². The Labute approximate surface area is 85.8 Å². The summed E-state index contributed by atoms with van der Waals surface area (Å²) in [6, 6.07) is 0. The normalized spacial score (nSPS) is 17.4. The molecule has 14 heavy (non-hydrogen) atoms. The molecule has 0 saturated heterocycles. The molecule has 1 aliphatic rings. The summed E-state index contributed by atoms with van der Waals surface area (Å²) in [5.41, 5.74) is 0. The number of rotatable bonds is 6. The Kier molecular flexibility index (Phi) is 3.70. The summed E-state index contributed by atoms with van der Waals surface area (Å²) in [6.45, 7) is 3.36. The fraction of sp³-hybridized carbons (Fsp3) is 0.900. The highest BCUT2D eigenvalue weighted by Crippen LogP contribution is 2.31. The van der Waals surface area contributed by atoms with E-state index >= 15 is 0 Å². The lowest BCUT2D eigenvalue weighted by atomic mass is 10.2. The average molecular weight is 218 g/mol. The van der Waals surface area contributed by atoms with Crippen molar-refractivity contribution in [3.8, 4) is 0 Å². The first-order valence-electron chi connectivity index (χ1n) is 5.18. The minimum absolute atomic E-state index is 0.156. The molecular formula is C10H18O3S. The minimum Gasteiger partial charge on any atom is -0.299 e. The fourth-order valence-corrected chi connectivity index (χ4v) is 2.31. The van der Waals surface area contributed by atoms with Crippen molar-refractivity contribution >= 4 is 15.6 Å². The highest BCUT2D eigenvalue weighted by atomic mass is 32.2. The van der Waals surface area contributed by atoms with Gasteiger partial charge in [-0.3, -0.25) is 4.79 Å². The maximum absolute atomic E-state index is 11.4. The van der Waals surface area contributed by atoms with Crippen LogP contribution in [-0.4, -0.2) is 25.2 Å². The maximum Gasteiger partial charge on any atom is 0.152 e. The second-order valence-electron chi connectivity index (χ2n) is 4.26. The Hall–Kier alpha value is -0.380. The number of carbonyl (C=O) groups excluding carboxylic acids is 1. The molecule has 3 nitrogen and oxygen atoms in total. The molecule has 0 heterocycles.